The second-order valence-corrected chi connectivity index (χ2v) is 4.90. The Hall–Kier alpha value is -2.61. The van der Waals surface area contributed by atoms with Gasteiger partial charge in [-0.3, -0.25) is 0 Å². The summed E-state index contributed by atoms with van der Waals surface area (Å²) in [5.74, 6) is 0. The predicted molar refractivity (Wildman–Crippen MR) is 84.9 cm³/mol. The van der Waals surface area contributed by atoms with E-state index < -0.39 is 0 Å². The van der Waals surface area contributed by atoms with Crippen LogP contribution in [0.1, 0.15) is 11.1 Å². The van der Waals surface area contributed by atoms with Crippen molar-refractivity contribution in [3.63, 3.8) is 0 Å². The molecule has 98 valence electrons. The molecule has 0 bridgehead atoms. The molecule has 0 saturated heterocycles. The molecule has 0 aliphatic carbocycles. The highest BCUT2D eigenvalue weighted by Crippen LogP contribution is 2.18. The van der Waals surface area contributed by atoms with Gasteiger partial charge in [0.05, 0.1) is 5.39 Å². The average molecular weight is 261 g/mol. The fourth-order valence-corrected chi connectivity index (χ4v) is 2.33. The van der Waals surface area contributed by atoms with Gasteiger partial charge in [-0.05, 0) is 29.3 Å². The van der Waals surface area contributed by atoms with Crippen molar-refractivity contribution < 1.29 is 4.57 Å². The molecule has 0 fully saturated rings. The van der Waals surface area contributed by atoms with E-state index in [4.69, 9.17) is 5.73 Å². The fraction of sp³-hybridized carbons (Fsp3) is 0.0556. The highest BCUT2D eigenvalue weighted by atomic mass is 14.9. The molecule has 2 nitrogen and oxygen atoms in total. The summed E-state index contributed by atoms with van der Waals surface area (Å²) in [6.07, 6.45) is 6.35. The molecule has 0 aliphatic heterocycles. The van der Waals surface area contributed by atoms with Gasteiger partial charge in [0, 0.05) is 17.8 Å². The number of hydrogen-bond donors (Lipinski definition) is 1. The van der Waals surface area contributed by atoms with Crippen LogP contribution in [-0.2, 0) is 7.05 Å². The summed E-state index contributed by atoms with van der Waals surface area (Å²) in [7, 11) is 2.07. The van der Waals surface area contributed by atoms with Gasteiger partial charge in [-0.25, -0.2) is 4.57 Å². The topological polar surface area (TPSA) is 29.9 Å². The molecule has 1 heterocycles. The van der Waals surface area contributed by atoms with E-state index in [1.165, 1.54) is 16.5 Å². The fourth-order valence-electron chi connectivity index (χ4n) is 2.33. The Morgan fingerprint density at radius 1 is 0.900 bits per heavy atom. The third-order valence-corrected chi connectivity index (χ3v) is 3.46. The van der Waals surface area contributed by atoms with Crippen molar-refractivity contribution in [2.75, 3.05) is 5.73 Å². The van der Waals surface area contributed by atoms with Crippen LogP contribution in [0, 0.1) is 0 Å². The molecule has 0 unspecified atom stereocenters. The van der Waals surface area contributed by atoms with Gasteiger partial charge in [0.2, 0.25) is 5.52 Å². The lowest BCUT2D eigenvalue weighted by atomic mass is 10.1. The molecule has 0 saturated carbocycles. The van der Waals surface area contributed by atoms with E-state index in [-0.39, 0.29) is 0 Å². The summed E-state index contributed by atoms with van der Waals surface area (Å²) in [5.41, 5.74) is 10.1. The largest absolute Gasteiger partial charge is 0.399 e. The zero-order chi connectivity index (χ0) is 13.9. The third kappa shape index (κ3) is 2.41. The number of anilines is 1. The zero-order valence-electron chi connectivity index (χ0n) is 11.5. The Bertz CT molecular complexity index is 771. The van der Waals surface area contributed by atoms with E-state index in [1.54, 1.807) is 0 Å². The average Bonchev–Trinajstić information content (AvgIpc) is 2.49. The molecule has 0 aliphatic rings. The first-order valence-electron chi connectivity index (χ1n) is 6.65. The van der Waals surface area contributed by atoms with Crippen LogP contribution in [0.25, 0.3) is 23.1 Å². The molecule has 0 atom stereocenters. The van der Waals surface area contributed by atoms with E-state index in [0.717, 1.165) is 11.3 Å². The van der Waals surface area contributed by atoms with Crippen LogP contribution in [0.15, 0.2) is 60.8 Å². The van der Waals surface area contributed by atoms with Crippen molar-refractivity contribution in [3.8, 4) is 0 Å². The standard InChI is InChI=1S/C18H16N2/c1-20-13-12-15(17-4-2-3-5-18(17)20)9-6-14-7-10-16(19)11-8-14/h2-13,19H,1H3/p+1. The zero-order valence-corrected chi connectivity index (χ0v) is 11.5. The second kappa shape index (κ2) is 5.17. The van der Waals surface area contributed by atoms with Gasteiger partial charge in [-0.2, -0.15) is 0 Å². The normalized spacial score (nSPS) is 11.2. The van der Waals surface area contributed by atoms with Crippen molar-refractivity contribution in [1.29, 1.82) is 0 Å². The number of pyridine rings is 1. The maximum Gasteiger partial charge on any atom is 0.212 e. The number of hydrogen-bond acceptors (Lipinski definition) is 1. The molecule has 0 amide bonds. The van der Waals surface area contributed by atoms with Gasteiger partial charge in [0.25, 0.3) is 0 Å². The summed E-state index contributed by atoms with van der Waals surface area (Å²) in [6.45, 7) is 0. The smallest absolute Gasteiger partial charge is 0.212 e. The molecule has 0 radical (unpaired) electrons. The van der Waals surface area contributed by atoms with Crippen LogP contribution in [-0.4, -0.2) is 0 Å². The number of nitrogen functional groups attached to an aromatic ring is 1. The van der Waals surface area contributed by atoms with Crippen LogP contribution in [0.3, 0.4) is 0 Å². The molecule has 2 N–H and O–H groups in total. The van der Waals surface area contributed by atoms with E-state index in [9.17, 15) is 0 Å². The van der Waals surface area contributed by atoms with Gasteiger partial charge in [-0.1, -0.05) is 36.4 Å². The lowest BCUT2D eigenvalue weighted by molar-refractivity contribution is -0.644. The van der Waals surface area contributed by atoms with Crippen molar-refractivity contribution >= 4 is 28.7 Å². The highest BCUT2D eigenvalue weighted by molar-refractivity contribution is 5.88. The first-order chi connectivity index (χ1) is 9.74. The molecule has 2 heteroatoms. The summed E-state index contributed by atoms with van der Waals surface area (Å²) < 4.78 is 2.13. The minimum Gasteiger partial charge on any atom is -0.399 e. The minimum atomic E-state index is 0.791. The minimum absolute atomic E-state index is 0.791. The van der Waals surface area contributed by atoms with Crippen molar-refractivity contribution in [2.45, 2.75) is 0 Å². The lowest BCUT2D eigenvalue weighted by Crippen LogP contribution is -2.28. The SMILES string of the molecule is C[n+]1ccc(C=Cc2ccc(N)cc2)c2ccccc21. The number of nitrogens with two attached hydrogens (primary N) is 1. The number of rotatable bonds is 2. The van der Waals surface area contributed by atoms with E-state index in [1.807, 2.05) is 24.3 Å². The Kier molecular flexibility index (Phi) is 3.21. The molecular weight excluding hydrogens is 244 g/mol. The number of benzene rings is 2. The summed E-state index contributed by atoms with van der Waals surface area (Å²) >= 11 is 0. The molecular formula is C18H17N2+. The first-order valence-corrected chi connectivity index (χ1v) is 6.65. The molecule has 1 aromatic heterocycles. The molecule has 3 rings (SSSR count). The van der Waals surface area contributed by atoms with Crippen LogP contribution < -0.4 is 10.3 Å². The van der Waals surface area contributed by atoms with Gasteiger partial charge >= 0.3 is 0 Å². The Labute approximate surface area is 118 Å². The second-order valence-electron chi connectivity index (χ2n) is 4.90. The highest BCUT2D eigenvalue weighted by Gasteiger charge is 2.06. The number of fused-ring (bicyclic) bond motifs is 1. The number of aryl methyl sites for hydroxylation is 1. The Morgan fingerprint density at radius 2 is 1.65 bits per heavy atom. The molecule has 2 aromatic carbocycles. The number of para-hydroxylation sites is 1. The van der Waals surface area contributed by atoms with Gasteiger partial charge in [0.1, 0.15) is 7.05 Å². The predicted octanol–water partition coefficient (Wildman–Crippen LogP) is 3.42. The van der Waals surface area contributed by atoms with Crippen molar-refractivity contribution in [2.24, 2.45) is 7.05 Å². The molecule has 0 spiro atoms. The van der Waals surface area contributed by atoms with E-state index >= 15 is 0 Å². The van der Waals surface area contributed by atoms with Gasteiger partial charge in [0.15, 0.2) is 6.20 Å². The first kappa shape index (κ1) is 12.4. The summed E-state index contributed by atoms with van der Waals surface area (Å²) in [4.78, 5) is 0. The van der Waals surface area contributed by atoms with Crippen LogP contribution in [0.5, 0.6) is 0 Å². The Morgan fingerprint density at radius 3 is 2.45 bits per heavy atom. The van der Waals surface area contributed by atoms with Crippen LogP contribution in [0.4, 0.5) is 5.69 Å². The summed E-state index contributed by atoms with van der Waals surface area (Å²) in [5, 5.41) is 1.25. The summed E-state index contributed by atoms with van der Waals surface area (Å²) in [6, 6.07) is 18.4. The molecule has 3 aromatic rings. The maximum absolute atomic E-state index is 5.70. The maximum atomic E-state index is 5.70. The third-order valence-electron chi connectivity index (χ3n) is 3.46. The van der Waals surface area contributed by atoms with Crippen molar-refractivity contribution in [3.05, 3.63) is 71.9 Å². The lowest BCUT2D eigenvalue weighted by Gasteiger charge is -2.01. The van der Waals surface area contributed by atoms with Crippen molar-refractivity contribution in [1.82, 2.24) is 0 Å². The monoisotopic (exact) mass is 261 g/mol. The Balaban J connectivity index is 2.03. The quantitative estimate of drug-likeness (QED) is 0.556. The number of nitrogens with zero attached hydrogens (tertiary/aromatic N) is 1. The van der Waals surface area contributed by atoms with Crippen LogP contribution >= 0.6 is 0 Å². The van der Waals surface area contributed by atoms with E-state index in [0.29, 0.717) is 0 Å². The van der Waals surface area contributed by atoms with E-state index in [2.05, 4.69) is 60.3 Å². The molecule has 20 heavy (non-hydrogen) atoms. The number of aromatic nitrogens is 1. The van der Waals surface area contributed by atoms with Crippen LogP contribution in [0.2, 0.25) is 0 Å². The van der Waals surface area contributed by atoms with Gasteiger partial charge < -0.3 is 5.73 Å². The van der Waals surface area contributed by atoms with Gasteiger partial charge in [-0.15, -0.1) is 0 Å².